The van der Waals surface area contributed by atoms with E-state index in [-0.39, 0.29) is 22.4 Å². The second-order valence-corrected chi connectivity index (χ2v) is 10.5. The maximum absolute atomic E-state index is 15.2. The zero-order valence-corrected chi connectivity index (χ0v) is 21.3. The molecule has 0 saturated carbocycles. The van der Waals surface area contributed by atoms with E-state index in [1.54, 1.807) is 42.5 Å². The molecule has 0 aliphatic carbocycles. The van der Waals surface area contributed by atoms with Crippen LogP contribution in [0.15, 0.2) is 65.7 Å². The molecule has 0 fully saturated rings. The minimum Gasteiger partial charge on any atom is -0.497 e. The number of hydrogen-bond acceptors (Lipinski definition) is 7. The van der Waals surface area contributed by atoms with E-state index in [0.29, 0.717) is 34.1 Å². The van der Waals surface area contributed by atoms with Crippen LogP contribution in [0, 0.1) is 17.0 Å². The van der Waals surface area contributed by atoms with Crippen LogP contribution in [0.3, 0.4) is 0 Å². The molecular formula is C24H19ClF2N3O4S2. The Morgan fingerprint density at radius 2 is 1.94 bits per heavy atom. The van der Waals surface area contributed by atoms with Crippen molar-refractivity contribution in [2.45, 2.75) is 11.4 Å². The van der Waals surface area contributed by atoms with Gasteiger partial charge in [-0.1, -0.05) is 41.1 Å². The standard InChI is InChI=1S/C24H19ClF2N3O4S2/c1-33-17-9-8-15(21(10-17)34-2)14-30(24-28-13-23(27)35-24)36(31,32)22-11-18(25)20(12-19(22)26)29-16-6-4-3-5-7-16/h3-6,8-13,29H,14H2,1-2H3. The highest BCUT2D eigenvalue weighted by molar-refractivity contribution is 7.93. The van der Waals surface area contributed by atoms with Gasteiger partial charge in [0, 0.05) is 29.4 Å². The number of sulfonamides is 1. The van der Waals surface area contributed by atoms with Gasteiger partial charge in [0.2, 0.25) is 5.13 Å². The van der Waals surface area contributed by atoms with Gasteiger partial charge in [0.15, 0.2) is 5.13 Å². The Balaban J connectivity index is 1.76. The monoisotopic (exact) mass is 550 g/mol. The Bertz CT molecular complexity index is 1480. The first-order chi connectivity index (χ1) is 17.2. The Morgan fingerprint density at radius 1 is 1.14 bits per heavy atom. The highest BCUT2D eigenvalue weighted by Crippen LogP contribution is 2.36. The fraction of sp³-hybridized carbons (Fsp3) is 0.125. The number of methoxy groups -OCH3 is 2. The van der Waals surface area contributed by atoms with Crippen molar-refractivity contribution in [2.75, 3.05) is 23.8 Å². The zero-order valence-electron chi connectivity index (χ0n) is 19.0. The van der Waals surface area contributed by atoms with Crippen LogP contribution < -0.4 is 19.1 Å². The largest absolute Gasteiger partial charge is 0.497 e. The predicted octanol–water partition coefficient (Wildman–Crippen LogP) is 6.03. The summed E-state index contributed by atoms with van der Waals surface area (Å²) >= 11 is 6.82. The third-order valence-electron chi connectivity index (χ3n) is 5.05. The number of ether oxygens (including phenoxy) is 2. The molecule has 0 bridgehead atoms. The molecule has 0 amide bonds. The van der Waals surface area contributed by atoms with Gasteiger partial charge in [0.05, 0.1) is 37.7 Å². The van der Waals surface area contributed by atoms with Crippen LogP contribution in [0.1, 0.15) is 5.56 Å². The van der Waals surface area contributed by atoms with E-state index in [1.165, 1.54) is 14.2 Å². The molecule has 12 heteroatoms. The van der Waals surface area contributed by atoms with E-state index >= 15 is 4.39 Å². The summed E-state index contributed by atoms with van der Waals surface area (Å²) in [6.07, 6.45) is 0.889. The second kappa shape index (κ2) is 10.7. The second-order valence-electron chi connectivity index (χ2n) is 7.30. The third kappa shape index (κ3) is 5.38. The number of nitrogens with zero attached hydrogens (tertiary/aromatic N) is 2. The molecule has 0 aliphatic rings. The van der Waals surface area contributed by atoms with E-state index in [9.17, 15) is 12.8 Å². The Kier molecular flexibility index (Phi) is 7.62. The smallest absolute Gasteiger partial charge is 0.269 e. The molecule has 1 N–H and O–H groups in total. The van der Waals surface area contributed by atoms with Crippen LogP contribution in [-0.4, -0.2) is 27.6 Å². The third-order valence-corrected chi connectivity index (χ3v) is 8.04. The molecular weight excluding hydrogens is 532 g/mol. The lowest BCUT2D eigenvalue weighted by atomic mass is 10.2. The van der Waals surface area contributed by atoms with Crippen molar-refractivity contribution in [3.8, 4) is 11.5 Å². The fourth-order valence-electron chi connectivity index (χ4n) is 3.31. The van der Waals surface area contributed by atoms with Crippen LogP contribution >= 0.6 is 22.9 Å². The molecule has 0 atom stereocenters. The molecule has 4 aromatic rings. The van der Waals surface area contributed by atoms with Crippen LogP contribution in [0.5, 0.6) is 11.5 Å². The summed E-state index contributed by atoms with van der Waals surface area (Å²) in [5.41, 5.74) is 1.09. The zero-order chi connectivity index (χ0) is 25.9. The molecule has 1 heterocycles. The van der Waals surface area contributed by atoms with E-state index in [0.717, 1.165) is 22.6 Å². The van der Waals surface area contributed by atoms with Crippen LogP contribution in [0.4, 0.5) is 25.3 Å². The van der Waals surface area contributed by atoms with Crippen molar-refractivity contribution in [3.63, 3.8) is 0 Å². The van der Waals surface area contributed by atoms with E-state index in [1.807, 2.05) is 0 Å². The van der Waals surface area contributed by atoms with Crippen molar-refractivity contribution in [3.05, 3.63) is 88.4 Å². The van der Waals surface area contributed by atoms with Gasteiger partial charge in [0.1, 0.15) is 22.2 Å². The van der Waals surface area contributed by atoms with E-state index in [4.69, 9.17) is 21.1 Å². The SMILES string of the molecule is COc1ccc(CN(c2ncc(F)s2)S(=O)(=O)c2cc(Cl)c(Nc3[c]cccc3)cc2F)c(OC)c1. The first kappa shape index (κ1) is 25.7. The number of aromatic nitrogens is 1. The normalized spacial score (nSPS) is 11.2. The number of benzene rings is 3. The van der Waals surface area contributed by atoms with Gasteiger partial charge in [-0.3, -0.25) is 0 Å². The Morgan fingerprint density at radius 3 is 2.58 bits per heavy atom. The lowest BCUT2D eigenvalue weighted by Gasteiger charge is -2.23. The Hall–Kier alpha value is -3.41. The molecule has 0 aliphatic heterocycles. The summed E-state index contributed by atoms with van der Waals surface area (Å²) in [5.74, 6) is -0.243. The summed E-state index contributed by atoms with van der Waals surface area (Å²) in [6, 6.07) is 16.5. The van der Waals surface area contributed by atoms with Gasteiger partial charge in [-0.05, 0) is 24.3 Å². The van der Waals surface area contributed by atoms with Gasteiger partial charge < -0.3 is 14.8 Å². The molecule has 1 aromatic heterocycles. The minimum atomic E-state index is -4.59. The molecule has 0 saturated heterocycles. The van der Waals surface area contributed by atoms with Gasteiger partial charge in [-0.15, -0.1) is 0 Å². The van der Waals surface area contributed by atoms with Crippen LogP contribution in [-0.2, 0) is 16.6 Å². The fourth-order valence-corrected chi connectivity index (χ4v) is 5.92. The number of para-hydroxylation sites is 1. The maximum Gasteiger partial charge on any atom is 0.269 e. The minimum absolute atomic E-state index is 0.0421. The summed E-state index contributed by atoms with van der Waals surface area (Å²) < 4.78 is 67.8. The van der Waals surface area contributed by atoms with Crippen molar-refractivity contribution in [1.82, 2.24) is 4.98 Å². The highest BCUT2D eigenvalue weighted by Gasteiger charge is 2.32. The predicted molar refractivity (Wildman–Crippen MR) is 135 cm³/mol. The Labute approximate surface area is 215 Å². The van der Waals surface area contributed by atoms with Gasteiger partial charge in [0.25, 0.3) is 10.0 Å². The topological polar surface area (TPSA) is 80.8 Å². The first-order valence-electron chi connectivity index (χ1n) is 10.3. The van der Waals surface area contributed by atoms with Crippen molar-refractivity contribution in [2.24, 2.45) is 0 Å². The molecule has 187 valence electrons. The molecule has 7 nitrogen and oxygen atoms in total. The van der Waals surface area contributed by atoms with E-state index in [2.05, 4.69) is 16.4 Å². The lowest BCUT2D eigenvalue weighted by Crippen LogP contribution is -2.31. The number of thiazole rings is 1. The molecule has 0 unspecified atom stereocenters. The summed E-state index contributed by atoms with van der Waals surface area (Å²) in [5, 5.41) is 1.96. The lowest BCUT2D eigenvalue weighted by molar-refractivity contribution is 0.391. The van der Waals surface area contributed by atoms with Gasteiger partial charge in [-0.2, -0.15) is 4.39 Å². The summed E-state index contributed by atoms with van der Waals surface area (Å²) in [4.78, 5) is 3.18. The van der Waals surface area contributed by atoms with Gasteiger partial charge >= 0.3 is 0 Å². The number of halogens is 3. The summed E-state index contributed by atoms with van der Waals surface area (Å²) in [6.45, 7) is -0.321. The molecule has 3 aromatic carbocycles. The molecule has 36 heavy (non-hydrogen) atoms. The molecule has 4 rings (SSSR count). The van der Waals surface area contributed by atoms with Crippen molar-refractivity contribution in [1.29, 1.82) is 0 Å². The number of hydrogen-bond donors (Lipinski definition) is 1. The molecule has 0 spiro atoms. The average Bonchev–Trinajstić information content (AvgIpc) is 3.30. The number of rotatable bonds is 9. The quantitative estimate of drug-likeness (QED) is 0.274. The highest BCUT2D eigenvalue weighted by atomic mass is 35.5. The number of nitrogens with one attached hydrogen (secondary N) is 1. The summed E-state index contributed by atoms with van der Waals surface area (Å²) in [7, 11) is -1.70. The van der Waals surface area contributed by atoms with Crippen LogP contribution in [0.25, 0.3) is 0 Å². The van der Waals surface area contributed by atoms with Crippen molar-refractivity contribution >= 4 is 49.5 Å². The van der Waals surface area contributed by atoms with Crippen LogP contribution in [0.2, 0.25) is 5.02 Å². The average molecular weight is 551 g/mol. The molecule has 1 radical (unpaired) electrons. The maximum atomic E-state index is 15.2. The van der Waals surface area contributed by atoms with Gasteiger partial charge in [-0.25, -0.2) is 22.1 Å². The van der Waals surface area contributed by atoms with Crippen molar-refractivity contribution < 1.29 is 26.7 Å². The number of anilines is 3. The van der Waals surface area contributed by atoms with E-state index < -0.39 is 25.9 Å². The first-order valence-corrected chi connectivity index (χ1v) is 12.9.